The zero-order valence-electron chi connectivity index (χ0n) is 14.7. The molecule has 7 heteroatoms. The van der Waals surface area contributed by atoms with Crippen LogP contribution in [0.1, 0.15) is 35.2 Å². The highest BCUT2D eigenvalue weighted by Crippen LogP contribution is 2.24. The number of hydrogen-bond acceptors (Lipinski definition) is 4. The number of aromatic nitrogens is 4. The van der Waals surface area contributed by atoms with Crippen LogP contribution in [0.3, 0.4) is 0 Å². The summed E-state index contributed by atoms with van der Waals surface area (Å²) < 4.78 is 3.71. The number of rotatable bonds is 4. The minimum atomic E-state index is -0.758. The fourth-order valence-electron chi connectivity index (χ4n) is 3.47. The fraction of sp³-hybridized carbons (Fsp3) is 0.368. The molecule has 0 bridgehead atoms. The highest BCUT2D eigenvalue weighted by atomic mass is 35.5. The maximum absolute atomic E-state index is 10.6. The molecule has 4 rings (SSSR count). The Morgan fingerprint density at radius 1 is 1.19 bits per heavy atom. The monoisotopic (exact) mass is 371 g/mol. The Morgan fingerprint density at radius 3 is 2.73 bits per heavy atom. The van der Waals surface area contributed by atoms with E-state index in [1.54, 1.807) is 10.9 Å². The fourth-order valence-corrected chi connectivity index (χ4v) is 3.60. The summed E-state index contributed by atoms with van der Waals surface area (Å²) in [4.78, 5) is 2.41. The highest BCUT2D eigenvalue weighted by Gasteiger charge is 2.22. The third kappa shape index (κ3) is 3.53. The van der Waals surface area contributed by atoms with Crippen LogP contribution in [-0.2, 0) is 26.7 Å². The van der Waals surface area contributed by atoms with Crippen LogP contribution in [0, 0.1) is 0 Å². The van der Waals surface area contributed by atoms with Gasteiger partial charge in [0, 0.05) is 44.4 Å². The molecule has 1 aliphatic rings. The Balaban J connectivity index is 1.52. The van der Waals surface area contributed by atoms with E-state index in [-0.39, 0.29) is 0 Å². The lowest BCUT2D eigenvalue weighted by molar-refractivity contribution is 0.203. The van der Waals surface area contributed by atoms with Crippen molar-refractivity contribution in [3.63, 3.8) is 0 Å². The molecule has 6 nitrogen and oxygen atoms in total. The average molecular weight is 372 g/mol. The highest BCUT2D eigenvalue weighted by molar-refractivity contribution is 6.30. The second-order valence-corrected chi connectivity index (χ2v) is 7.19. The van der Waals surface area contributed by atoms with Gasteiger partial charge >= 0.3 is 0 Å². The Morgan fingerprint density at radius 2 is 2.00 bits per heavy atom. The van der Waals surface area contributed by atoms with Crippen LogP contribution in [0.25, 0.3) is 0 Å². The van der Waals surface area contributed by atoms with Gasteiger partial charge in [-0.2, -0.15) is 10.2 Å². The van der Waals surface area contributed by atoms with Gasteiger partial charge in [0.05, 0.1) is 17.1 Å². The standard InChI is InChI=1S/C19H22ClN5O/c1-23-18(7-8-21-23)19(26)17-11-16-13-24(9-2-10-25(16)22-17)12-14-3-5-15(20)6-4-14/h3-8,11,19,26H,2,9-10,12-13H2,1H3/t19-/m0/s1. The normalized spacial score (nSPS) is 16.3. The van der Waals surface area contributed by atoms with Crippen molar-refractivity contribution in [2.75, 3.05) is 6.54 Å². The molecule has 2 aromatic heterocycles. The molecule has 0 radical (unpaired) electrons. The summed E-state index contributed by atoms with van der Waals surface area (Å²) in [6, 6.07) is 11.8. The van der Waals surface area contributed by atoms with E-state index >= 15 is 0 Å². The predicted octanol–water partition coefficient (Wildman–Crippen LogP) is 2.76. The topological polar surface area (TPSA) is 59.1 Å². The zero-order chi connectivity index (χ0) is 18.1. The SMILES string of the molecule is Cn1nccc1[C@@H](O)c1cc2n(n1)CCCN(Cc1ccc(Cl)cc1)C2. The minimum absolute atomic E-state index is 0.678. The third-order valence-electron chi connectivity index (χ3n) is 4.85. The summed E-state index contributed by atoms with van der Waals surface area (Å²) in [5.41, 5.74) is 3.80. The van der Waals surface area contributed by atoms with E-state index in [2.05, 4.69) is 27.2 Å². The van der Waals surface area contributed by atoms with Crippen LogP contribution in [0.4, 0.5) is 0 Å². The average Bonchev–Trinajstić information content (AvgIpc) is 3.18. The number of nitrogens with zero attached hydrogens (tertiary/aromatic N) is 5. The number of fused-ring (bicyclic) bond motifs is 1. The van der Waals surface area contributed by atoms with Gasteiger partial charge in [0.1, 0.15) is 6.10 Å². The van der Waals surface area contributed by atoms with Gasteiger partial charge in [0.15, 0.2) is 0 Å². The molecule has 0 saturated heterocycles. The molecule has 1 aliphatic heterocycles. The molecular formula is C19H22ClN5O. The molecule has 0 aliphatic carbocycles. The van der Waals surface area contributed by atoms with Crippen LogP contribution in [-0.4, -0.2) is 36.1 Å². The van der Waals surface area contributed by atoms with Crippen molar-refractivity contribution in [1.82, 2.24) is 24.5 Å². The largest absolute Gasteiger partial charge is 0.380 e. The Hall–Kier alpha value is -2.15. The van der Waals surface area contributed by atoms with E-state index in [4.69, 9.17) is 11.6 Å². The molecule has 0 unspecified atom stereocenters. The molecule has 26 heavy (non-hydrogen) atoms. The molecule has 1 N–H and O–H groups in total. The van der Waals surface area contributed by atoms with Gasteiger partial charge in [-0.3, -0.25) is 14.3 Å². The second-order valence-electron chi connectivity index (χ2n) is 6.76. The van der Waals surface area contributed by atoms with Gasteiger partial charge in [-0.05, 0) is 36.2 Å². The molecular weight excluding hydrogens is 350 g/mol. The van der Waals surface area contributed by atoms with Gasteiger partial charge in [-0.1, -0.05) is 23.7 Å². The summed E-state index contributed by atoms with van der Waals surface area (Å²) in [5, 5.41) is 20.2. The van der Waals surface area contributed by atoms with Gasteiger partial charge in [-0.25, -0.2) is 0 Å². The molecule has 0 spiro atoms. The van der Waals surface area contributed by atoms with Gasteiger partial charge < -0.3 is 5.11 Å². The quantitative estimate of drug-likeness (QED) is 0.766. The third-order valence-corrected chi connectivity index (χ3v) is 5.10. The van der Waals surface area contributed by atoms with E-state index in [0.29, 0.717) is 5.69 Å². The first-order valence-electron chi connectivity index (χ1n) is 8.79. The lowest BCUT2D eigenvalue weighted by Gasteiger charge is -2.19. The summed E-state index contributed by atoms with van der Waals surface area (Å²) in [7, 11) is 1.83. The maximum Gasteiger partial charge on any atom is 0.139 e. The second kappa shape index (κ2) is 7.23. The number of benzene rings is 1. The van der Waals surface area contributed by atoms with E-state index in [9.17, 15) is 5.11 Å². The van der Waals surface area contributed by atoms with Crippen molar-refractivity contribution >= 4 is 11.6 Å². The van der Waals surface area contributed by atoms with E-state index in [1.807, 2.05) is 36.0 Å². The van der Waals surface area contributed by atoms with Crippen LogP contribution >= 0.6 is 11.6 Å². The van der Waals surface area contributed by atoms with E-state index in [1.165, 1.54) is 5.56 Å². The number of aryl methyl sites for hydroxylation is 2. The Kier molecular flexibility index (Phi) is 4.80. The van der Waals surface area contributed by atoms with Crippen LogP contribution in [0.15, 0.2) is 42.6 Å². The summed E-state index contributed by atoms with van der Waals surface area (Å²) in [5.74, 6) is 0. The first-order chi connectivity index (χ1) is 12.6. The molecule has 1 aromatic carbocycles. The molecule has 136 valence electrons. The molecule has 1 atom stereocenters. The summed E-state index contributed by atoms with van der Waals surface area (Å²) >= 11 is 5.98. The van der Waals surface area contributed by atoms with Crippen LogP contribution in [0.2, 0.25) is 5.02 Å². The maximum atomic E-state index is 10.6. The van der Waals surface area contributed by atoms with Crippen molar-refractivity contribution in [3.05, 3.63) is 70.3 Å². The first kappa shape index (κ1) is 17.3. The molecule has 0 amide bonds. The van der Waals surface area contributed by atoms with E-state index in [0.717, 1.165) is 49.0 Å². The summed E-state index contributed by atoms with van der Waals surface area (Å²) in [6.07, 6.45) is 1.96. The molecule has 3 heterocycles. The lowest BCUT2D eigenvalue weighted by atomic mass is 10.1. The van der Waals surface area contributed by atoms with Crippen molar-refractivity contribution < 1.29 is 5.11 Å². The number of halogens is 1. The lowest BCUT2D eigenvalue weighted by Crippen LogP contribution is -2.22. The minimum Gasteiger partial charge on any atom is -0.380 e. The van der Waals surface area contributed by atoms with Gasteiger partial charge in [-0.15, -0.1) is 0 Å². The number of aliphatic hydroxyl groups excluding tert-OH is 1. The molecule has 0 fully saturated rings. The zero-order valence-corrected chi connectivity index (χ0v) is 15.5. The first-order valence-corrected chi connectivity index (χ1v) is 9.17. The van der Waals surface area contributed by atoms with Crippen molar-refractivity contribution in [2.24, 2.45) is 7.05 Å². The van der Waals surface area contributed by atoms with Crippen molar-refractivity contribution in [1.29, 1.82) is 0 Å². The van der Waals surface area contributed by atoms with Gasteiger partial charge in [0.25, 0.3) is 0 Å². The molecule has 3 aromatic rings. The van der Waals surface area contributed by atoms with Crippen LogP contribution in [0.5, 0.6) is 0 Å². The van der Waals surface area contributed by atoms with Gasteiger partial charge in [0.2, 0.25) is 0 Å². The summed E-state index contributed by atoms with van der Waals surface area (Å²) in [6.45, 7) is 3.58. The van der Waals surface area contributed by atoms with Crippen LogP contribution < -0.4 is 0 Å². The predicted molar refractivity (Wildman–Crippen MR) is 99.7 cm³/mol. The van der Waals surface area contributed by atoms with E-state index < -0.39 is 6.10 Å². The number of aliphatic hydroxyl groups is 1. The smallest absolute Gasteiger partial charge is 0.139 e. The molecule has 0 saturated carbocycles. The number of hydrogen-bond donors (Lipinski definition) is 1. The Labute approximate surface area is 157 Å². The van der Waals surface area contributed by atoms with Crippen molar-refractivity contribution in [3.8, 4) is 0 Å². The Bertz CT molecular complexity index is 886. The van der Waals surface area contributed by atoms with Crippen molar-refractivity contribution in [2.45, 2.75) is 32.2 Å².